The molecule has 7 N–H and O–H groups in total. The first-order valence-corrected chi connectivity index (χ1v) is 10.5. The Kier molecular flexibility index (Phi) is 8.42. The van der Waals surface area contributed by atoms with Crippen LogP contribution in [-0.2, 0) is 16.0 Å². The molecule has 0 spiro atoms. The summed E-state index contributed by atoms with van der Waals surface area (Å²) in [5, 5.41) is 48.4. The Morgan fingerprint density at radius 2 is 1.79 bits per heavy atom. The molecule has 10 nitrogen and oxygen atoms in total. The maximum Gasteiger partial charge on any atom is 0.411 e. The Morgan fingerprint density at radius 3 is 2.45 bits per heavy atom. The summed E-state index contributed by atoms with van der Waals surface area (Å²) < 4.78 is 23.5. The van der Waals surface area contributed by atoms with E-state index in [1.54, 1.807) is 37.3 Å². The highest BCUT2D eigenvalue weighted by Crippen LogP contribution is 2.30. The molecule has 2 aromatic carbocycles. The number of anilines is 3. The van der Waals surface area contributed by atoms with Gasteiger partial charge in [-0.1, -0.05) is 12.1 Å². The smallest absolute Gasteiger partial charge is 0.411 e. The quantitative estimate of drug-likeness (QED) is 0.305. The molecule has 0 aliphatic carbocycles. The van der Waals surface area contributed by atoms with Crippen LogP contribution in [0.3, 0.4) is 0 Å². The second-order valence-corrected chi connectivity index (χ2v) is 7.48. The molecule has 33 heavy (non-hydrogen) atoms. The molecule has 1 fully saturated rings. The highest BCUT2D eigenvalue weighted by atomic mass is 19.1. The van der Waals surface area contributed by atoms with Crippen molar-refractivity contribution < 1.29 is 39.1 Å². The Bertz CT molecular complexity index is 929. The van der Waals surface area contributed by atoms with Crippen LogP contribution in [0.1, 0.15) is 12.5 Å². The van der Waals surface area contributed by atoms with Crippen LogP contribution in [-0.4, -0.2) is 70.4 Å². The second kappa shape index (κ2) is 11.3. The maximum absolute atomic E-state index is 13.1. The number of hydrogen-bond donors (Lipinski definition) is 7. The second-order valence-electron chi connectivity index (χ2n) is 7.48. The van der Waals surface area contributed by atoms with Gasteiger partial charge in [-0.15, -0.1) is 0 Å². The first-order valence-electron chi connectivity index (χ1n) is 10.5. The summed E-state index contributed by atoms with van der Waals surface area (Å²) in [5.41, 5.74) is 2.09. The van der Waals surface area contributed by atoms with Gasteiger partial charge in [0.1, 0.15) is 30.2 Å². The third-order valence-corrected chi connectivity index (χ3v) is 5.13. The molecule has 1 aliphatic rings. The fourth-order valence-electron chi connectivity index (χ4n) is 3.34. The van der Waals surface area contributed by atoms with Crippen molar-refractivity contribution in [3.05, 3.63) is 53.8 Å². The highest BCUT2D eigenvalue weighted by molar-refractivity contribution is 5.90. The summed E-state index contributed by atoms with van der Waals surface area (Å²) in [6.07, 6.45) is -7.56. The van der Waals surface area contributed by atoms with Gasteiger partial charge in [-0.2, -0.15) is 0 Å². The zero-order chi connectivity index (χ0) is 24.0. The van der Waals surface area contributed by atoms with Gasteiger partial charge in [-0.3, -0.25) is 5.32 Å². The van der Waals surface area contributed by atoms with Crippen LogP contribution in [0.5, 0.6) is 0 Å². The molecule has 0 radical (unpaired) electrons. The van der Waals surface area contributed by atoms with Gasteiger partial charge in [0.15, 0.2) is 6.23 Å². The number of rotatable bonds is 8. The summed E-state index contributed by atoms with van der Waals surface area (Å²) >= 11 is 0. The minimum atomic E-state index is -1.56. The topological polar surface area (TPSA) is 153 Å². The number of halogens is 1. The van der Waals surface area contributed by atoms with Crippen LogP contribution in [0.15, 0.2) is 42.5 Å². The van der Waals surface area contributed by atoms with Gasteiger partial charge in [0, 0.05) is 12.2 Å². The lowest BCUT2D eigenvalue weighted by Gasteiger charge is -2.40. The minimum Gasteiger partial charge on any atom is -0.450 e. The summed E-state index contributed by atoms with van der Waals surface area (Å²) in [6.45, 7) is 1.65. The predicted octanol–water partition coefficient (Wildman–Crippen LogP) is 1.22. The van der Waals surface area contributed by atoms with Crippen LogP contribution in [0, 0.1) is 5.82 Å². The molecule has 5 atom stereocenters. The molecule has 1 aliphatic heterocycles. The van der Waals surface area contributed by atoms with Crippen LogP contribution in [0.4, 0.5) is 26.2 Å². The normalized spacial score (nSPS) is 24.7. The molecule has 5 unspecified atom stereocenters. The summed E-state index contributed by atoms with van der Waals surface area (Å²) in [7, 11) is 0. The number of carbonyl (C=O) groups excluding carboxylic acids is 1. The molecular weight excluding hydrogens is 437 g/mol. The molecule has 2 aromatic rings. The van der Waals surface area contributed by atoms with Gasteiger partial charge >= 0.3 is 6.09 Å². The van der Waals surface area contributed by atoms with E-state index in [9.17, 15) is 29.6 Å². The van der Waals surface area contributed by atoms with Crippen molar-refractivity contribution >= 4 is 23.2 Å². The van der Waals surface area contributed by atoms with E-state index in [2.05, 4.69) is 16.0 Å². The van der Waals surface area contributed by atoms with E-state index in [-0.39, 0.29) is 12.4 Å². The number of benzene rings is 2. The largest absolute Gasteiger partial charge is 0.450 e. The summed E-state index contributed by atoms with van der Waals surface area (Å²) in [5.74, 6) is -0.334. The number of carbonyl (C=O) groups is 1. The third kappa shape index (κ3) is 6.30. The van der Waals surface area contributed by atoms with Crippen LogP contribution >= 0.6 is 0 Å². The van der Waals surface area contributed by atoms with Gasteiger partial charge in [-0.25, -0.2) is 9.18 Å². The number of aliphatic hydroxyl groups excluding tert-OH is 4. The average molecular weight is 465 g/mol. The Hall–Kier alpha value is -2.96. The molecule has 0 saturated carbocycles. The van der Waals surface area contributed by atoms with Crippen LogP contribution in [0.2, 0.25) is 0 Å². The first kappa shape index (κ1) is 24.7. The van der Waals surface area contributed by atoms with Gasteiger partial charge in [0.2, 0.25) is 0 Å². The Balaban J connectivity index is 1.81. The van der Waals surface area contributed by atoms with E-state index in [0.717, 1.165) is 5.56 Å². The lowest BCUT2D eigenvalue weighted by molar-refractivity contribution is -0.221. The van der Waals surface area contributed by atoms with Crippen molar-refractivity contribution in [1.29, 1.82) is 0 Å². The molecule has 1 heterocycles. The molecule has 180 valence electrons. The van der Waals surface area contributed by atoms with Gasteiger partial charge in [0.05, 0.1) is 24.6 Å². The van der Waals surface area contributed by atoms with Crippen molar-refractivity contribution in [3.63, 3.8) is 0 Å². The Morgan fingerprint density at radius 1 is 1.06 bits per heavy atom. The van der Waals surface area contributed by atoms with Gasteiger partial charge in [0.25, 0.3) is 0 Å². The molecule has 3 rings (SSSR count). The Labute approximate surface area is 190 Å². The highest BCUT2D eigenvalue weighted by Gasteiger charge is 2.43. The molecule has 0 bridgehead atoms. The van der Waals surface area contributed by atoms with E-state index in [1.165, 1.54) is 12.1 Å². The first-order chi connectivity index (χ1) is 15.8. The number of ether oxygens (including phenoxy) is 2. The number of aliphatic hydroxyl groups is 4. The van der Waals surface area contributed by atoms with E-state index in [4.69, 9.17) is 9.47 Å². The molecule has 1 amide bonds. The zero-order valence-electron chi connectivity index (χ0n) is 17.9. The van der Waals surface area contributed by atoms with E-state index < -0.39 is 43.3 Å². The van der Waals surface area contributed by atoms with Crippen LogP contribution in [0.25, 0.3) is 0 Å². The number of hydrogen-bond acceptors (Lipinski definition) is 9. The number of nitrogens with one attached hydrogen (secondary N) is 3. The molecule has 1 saturated heterocycles. The SMILES string of the molecule is CCOC(=O)Nc1ccc(NCc2ccc(F)cc2)cc1NC1OC(CO)C(O)C(O)C1O. The van der Waals surface area contributed by atoms with E-state index in [0.29, 0.717) is 23.6 Å². The summed E-state index contributed by atoms with van der Waals surface area (Å²) in [6, 6.07) is 10.9. The van der Waals surface area contributed by atoms with Crippen molar-refractivity contribution in [3.8, 4) is 0 Å². The predicted molar refractivity (Wildman–Crippen MR) is 118 cm³/mol. The third-order valence-electron chi connectivity index (χ3n) is 5.13. The number of amides is 1. The van der Waals surface area contributed by atoms with E-state index >= 15 is 0 Å². The van der Waals surface area contributed by atoms with E-state index in [1.807, 2.05) is 0 Å². The lowest BCUT2D eigenvalue weighted by atomic mass is 9.98. The fourth-order valence-corrected chi connectivity index (χ4v) is 3.34. The zero-order valence-corrected chi connectivity index (χ0v) is 17.9. The maximum atomic E-state index is 13.1. The van der Waals surface area contributed by atoms with Crippen molar-refractivity contribution in [1.82, 2.24) is 0 Å². The van der Waals surface area contributed by atoms with Crippen molar-refractivity contribution in [2.75, 3.05) is 29.2 Å². The van der Waals surface area contributed by atoms with Crippen LogP contribution < -0.4 is 16.0 Å². The molecule has 0 aromatic heterocycles. The summed E-state index contributed by atoms with van der Waals surface area (Å²) in [4.78, 5) is 11.9. The van der Waals surface area contributed by atoms with Crippen molar-refractivity contribution in [2.45, 2.75) is 44.1 Å². The minimum absolute atomic E-state index is 0.165. The van der Waals surface area contributed by atoms with Crippen molar-refractivity contribution in [2.24, 2.45) is 0 Å². The molecular formula is C22H28FN3O7. The monoisotopic (exact) mass is 465 g/mol. The standard InChI is InChI=1S/C22H28FN3O7/c1-2-32-22(31)26-15-8-7-14(24-10-12-3-5-13(23)6-4-12)9-16(15)25-21-20(30)19(29)18(28)17(11-27)33-21/h3-9,17-21,24-25,27-30H,2,10-11H2,1H3,(H,26,31). The lowest BCUT2D eigenvalue weighted by Crippen LogP contribution is -2.60. The van der Waals surface area contributed by atoms with Gasteiger partial charge in [-0.05, 0) is 42.8 Å². The average Bonchev–Trinajstić information content (AvgIpc) is 2.80. The fraction of sp³-hybridized carbons (Fsp3) is 0.409. The van der Waals surface area contributed by atoms with Gasteiger partial charge < -0.3 is 40.5 Å². The molecule has 11 heteroatoms.